The highest BCUT2D eigenvalue weighted by Crippen LogP contribution is 2.27. The third-order valence-corrected chi connectivity index (χ3v) is 3.98. The molecule has 1 N–H and O–H groups in total. The average molecular weight is 227 g/mol. The van der Waals surface area contributed by atoms with Gasteiger partial charge in [-0.3, -0.25) is 0 Å². The summed E-state index contributed by atoms with van der Waals surface area (Å²) in [6.07, 6.45) is 2.63. The first-order valence-electron chi connectivity index (χ1n) is 6.59. The number of likely N-dealkylation sites (tertiary alicyclic amines) is 1. The molecule has 0 radical (unpaired) electrons. The Morgan fingerprint density at radius 1 is 1.44 bits per heavy atom. The van der Waals surface area contributed by atoms with Crippen molar-refractivity contribution in [2.45, 2.75) is 25.8 Å². The lowest BCUT2D eigenvalue weighted by atomic mass is 9.85. The van der Waals surface area contributed by atoms with Crippen LogP contribution in [0.3, 0.4) is 0 Å². The van der Waals surface area contributed by atoms with Gasteiger partial charge in [0.2, 0.25) is 0 Å². The fourth-order valence-corrected chi connectivity index (χ4v) is 3.24. The van der Waals surface area contributed by atoms with Gasteiger partial charge in [0.25, 0.3) is 0 Å². The summed E-state index contributed by atoms with van der Waals surface area (Å²) in [6, 6.07) is 0.724. The van der Waals surface area contributed by atoms with Crippen molar-refractivity contribution in [2.24, 2.45) is 11.8 Å². The van der Waals surface area contributed by atoms with Crippen molar-refractivity contribution >= 4 is 0 Å². The van der Waals surface area contributed by atoms with Crippen LogP contribution in [0.1, 0.15) is 19.8 Å². The normalized spacial score (nSPS) is 26.2. The van der Waals surface area contributed by atoms with Crippen LogP contribution in [0, 0.1) is 11.8 Å². The van der Waals surface area contributed by atoms with Gasteiger partial charge >= 0.3 is 0 Å². The lowest BCUT2D eigenvalue weighted by molar-refractivity contribution is 0.138. The Hall–Kier alpha value is -0.120. The molecule has 3 atom stereocenters. The van der Waals surface area contributed by atoms with Gasteiger partial charge in [0.15, 0.2) is 0 Å². The molecule has 96 valence electrons. The van der Waals surface area contributed by atoms with Gasteiger partial charge in [0, 0.05) is 12.6 Å². The average Bonchev–Trinajstić information content (AvgIpc) is 2.63. The predicted octanol–water partition coefficient (Wildman–Crippen LogP) is 1.11. The predicted molar refractivity (Wildman–Crippen MR) is 70.8 cm³/mol. The number of hydrogen-bond acceptors (Lipinski definition) is 3. The van der Waals surface area contributed by atoms with E-state index in [1.165, 1.54) is 25.9 Å². The summed E-state index contributed by atoms with van der Waals surface area (Å²) < 4.78 is 0. The molecule has 0 spiro atoms. The molecule has 0 aliphatic carbocycles. The number of rotatable bonds is 6. The van der Waals surface area contributed by atoms with Crippen molar-refractivity contribution in [3.05, 3.63) is 0 Å². The van der Waals surface area contributed by atoms with Crippen LogP contribution in [0.25, 0.3) is 0 Å². The molecule has 3 unspecified atom stereocenters. The van der Waals surface area contributed by atoms with Crippen molar-refractivity contribution < 1.29 is 0 Å². The van der Waals surface area contributed by atoms with Crippen molar-refractivity contribution in [3.8, 4) is 0 Å². The zero-order valence-corrected chi connectivity index (χ0v) is 11.7. The number of hydrogen-bond donors (Lipinski definition) is 1. The molecular formula is C13H29N3. The lowest BCUT2D eigenvalue weighted by Crippen LogP contribution is -2.45. The monoisotopic (exact) mass is 227 g/mol. The standard InChI is InChI=1S/C13H29N3/c1-6-11(9-14-2)13(15(3)4)12-7-8-16(5)10-12/h11-14H,6-10H2,1-5H3. The van der Waals surface area contributed by atoms with E-state index in [4.69, 9.17) is 0 Å². The number of nitrogens with one attached hydrogen (secondary N) is 1. The largest absolute Gasteiger partial charge is 0.319 e. The Balaban J connectivity index is 2.65. The Labute approximate surface area is 101 Å². The summed E-state index contributed by atoms with van der Waals surface area (Å²) >= 11 is 0. The fourth-order valence-electron chi connectivity index (χ4n) is 3.24. The van der Waals surface area contributed by atoms with E-state index in [2.05, 4.69) is 50.2 Å². The molecule has 0 saturated carbocycles. The molecule has 16 heavy (non-hydrogen) atoms. The van der Waals surface area contributed by atoms with E-state index in [9.17, 15) is 0 Å². The first-order chi connectivity index (χ1) is 7.60. The second kappa shape index (κ2) is 6.58. The van der Waals surface area contributed by atoms with Crippen LogP contribution in [0.15, 0.2) is 0 Å². The molecular weight excluding hydrogens is 198 g/mol. The molecule has 3 heteroatoms. The van der Waals surface area contributed by atoms with Crippen LogP contribution in [0.2, 0.25) is 0 Å². The molecule has 1 aliphatic heterocycles. The molecule has 1 heterocycles. The zero-order valence-electron chi connectivity index (χ0n) is 11.7. The minimum Gasteiger partial charge on any atom is -0.319 e. The fraction of sp³-hybridized carbons (Fsp3) is 1.00. The Kier molecular flexibility index (Phi) is 5.73. The molecule has 0 aromatic heterocycles. The van der Waals surface area contributed by atoms with Crippen molar-refractivity contribution in [2.75, 3.05) is 47.8 Å². The van der Waals surface area contributed by atoms with Gasteiger partial charge in [0.05, 0.1) is 0 Å². The van der Waals surface area contributed by atoms with E-state index in [1.54, 1.807) is 0 Å². The van der Waals surface area contributed by atoms with Gasteiger partial charge < -0.3 is 15.1 Å². The summed E-state index contributed by atoms with van der Waals surface area (Å²) in [6.45, 7) is 5.99. The summed E-state index contributed by atoms with van der Waals surface area (Å²) in [4.78, 5) is 4.91. The van der Waals surface area contributed by atoms with Gasteiger partial charge in [-0.05, 0) is 59.5 Å². The van der Waals surface area contributed by atoms with E-state index >= 15 is 0 Å². The minimum atomic E-state index is 0.724. The SMILES string of the molecule is CCC(CNC)C(C1CCN(C)C1)N(C)C. The minimum absolute atomic E-state index is 0.724. The van der Waals surface area contributed by atoms with Crippen LogP contribution in [0.4, 0.5) is 0 Å². The summed E-state index contributed by atoms with van der Waals surface area (Å²) in [7, 11) is 8.78. The van der Waals surface area contributed by atoms with Crippen LogP contribution >= 0.6 is 0 Å². The van der Waals surface area contributed by atoms with Crippen LogP contribution < -0.4 is 5.32 Å². The van der Waals surface area contributed by atoms with Gasteiger partial charge in [-0.2, -0.15) is 0 Å². The smallest absolute Gasteiger partial charge is 0.0170 e. The van der Waals surface area contributed by atoms with Gasteiger partial charge in [-0.25, -0.2) is 0 Å². The topological polar surface area (TPSA) is 18.5 Å². The van der Waals surface area contributed by atoms with Crippen LogP contribution in [0.5, 0.6) is 0 Å². The maximum Gasteiger partial charge on any atom is 0.0170 e. The molecule has 0 bridgehead atoms. The molecule has 1 aliphatic rings. The van der Waals surface area contributed by atoms with Crippen molar-refractivity contribution in [1.82, 2.24) is 15.1 Å². The summed E-state index contributed by atoms with van der Waals surface area (Å²) in [5, 5.41) is 3.35. The van der Waals surface area contributed by atoms with Crippen LogP contribution in [-0.2, 0) is 0 Å². The van der Waals surface area contributed by atoms with Crippen molar-refractivity contribution in [1.29, 1.82) is 0 Å². The van der Waals surface area contributed by atoms with Gasteiger partial charge in [-0.15, -0.1) is 0 Å². The zero-order chi connectivity index (χ0) is 12.1. The highest BCUT2D eigenvalue weighted by molar-refractivity contribution is 4.88. The molecule has 0 aromatic carbocycles. The maximum absolute atomic E-state index is 3.35. The van der Waals surface area contributed by atoms with E-state index in [0.29, 0.717) is 0 Å². The van der Waals surface area contributed by atoms with E-state index < -0.39 is 0 Å². The Morgan fingerprint density at radius 2 is 2.12 bits per heavy atom. The van der Waals surface area contributed by atoms with Crippen molar-refractivity contribution in [3.63, 3.8) is 0 Å². The summed E-state index contributed by atoms with van der Waals surface area (Å²) in [5.74, 6) is 1.62. The molecule has 0 aromatic rings. The van der Waals surface area contributed by atoms with E-state index in [0.717, 1.165) is 24.4 Å². The number of nitrogens with zero attached hydrogens (tertiary/aromatic N) is 2. The quantitative estimate of drug-likeness (QED) is 0.733. The Morgan fingerprint density at radius 3 is 2.50 bits per heavy atom. The molecule has 1 fully saturated rings. The van der Waals surface area contributed by atoms with E-state index in [1.807, 2.05) is 0 Å². The third kappa shape index (κ3) is 3.44. The molecule has 3 nitrogen and oxygen atoms in total. The summed E-state index contributed by atoms with van der Waals surface area (Å²) in [5.41, 5.74) is 0. The van der Waals surface area contributed by atoms with Gasteiger partial charge in [0.1, 0.15) is 0 Å². The lowest BCUT2D eigenvalue weighted by Gasteiger charge is -2.36. The van der Waals surface area contributed by atoms with E-state index in [-0.39, 0.29) is 0 Å². The molecule has 1 rings (SSSR count). The first-order valence-corrected chi connectivity index (χ1v) is 6.59. The highest BCUT2D eigenvalue weighted by Gasteiger charge is 2.33. The second-order valence-electron chi connectivity index (χ2n) is 5.49. The first kappa shape index (κ1) is 13.9. The molecule has 1 saturated heterocycles. The molecule has 0 amide bonds. The third-order valence-electron chi connectivity index (χ3n) is 3.98. The van der Waals surface area contributed by atoms with Gasteiger partial charge in [-0.1, -0.05) is 13.3 Å². The van der Waals surface area contributed by atoms with Crippen LogP contribution in [-0.4, -0.2) is 63.7 Å². The Bertz CT molecular complexity index is 190. The highest BCUT2D eigenvalue weighted by atomic mass is 15.2. The maximum atomic E-state index is 3.35. The second-order valence-corrected chi connectivity index (χ2v) is 5.49.